The summed E-state index contributed by atoms with van der Waals surface area (Å²) < 4.78 is 13.5. The molecule has 7 heteroatoms. The zero-order valence-electron chi connectivity index (χ0n) is 19.4. The van der Waals surface area contributed by atoms with Crippen LogP contribution in [0.5, 0.6) is 0 Å². The number of carbonyl (C=O) groups excluding carboxylic acids is 2. The summed E-state index contributed by atoms with van der Waals surface area (Å²) in [5, 5.41) is 3.26. The smallest absolute Gasteiger partial charge is 0.283 e. The van der Waals surface area contributed by atoms with Gasteiger partial charge in [-0.15, -0.1) is 0 Å². The lowest BCUT2D eigenvalue weighted by Gasteiger charge is -2.17. The minimum Gasteiger partial charge on any atom is -0.325 e. The van der Waals surface area contributed by atoms with Crippen molar-refractivity contribution in [2.45, 2.75) is 26.2 Å². The third-order valence-electron chi connectivity index (χ3n) is 5.41. The number of nitrogens with zero attached hydrogens (tertiary/aromatic N) is 2. The molecule has 35 heavy (non-hydrogen) atoms. The summed E-state index contributed by atoms with van der Waals surface area (Å²) in [6.07, 6.45) is 4.99. The Hall–Kier alpha value is -3.71. The molecule has 0 fully saturated rings. The standard InChI is InChI=1S/C28H26FN3O2S/c1-2-3-7-20-10-14-23(15-11-20)30-26(33)19-35-28-31-25(18-21-8-5-4-6-9-21)27(34)32(28)24-16-12-22(29)13-17-24/h4-6,8-18H,2-3,7,19H2,1H3,(H,30,33). The number of hydrogen-bond acceptors (Lipinski definition) is 4. The van der Waals surface area contributed by atoms with Gasteiger partial charge in [0.15, 0.2) is 5.17 Å². The van der Waals surface area contributed by atoms with Crippen molar-refractivity contribution in [2.75, 3.05) is 16.0 Å². The molecule has 2 amide bonds. The zero-order valence-corrected chi connectivity index (χ0v) is 20.2. The van der Waals surface area contributed by atoms with E-state index in [1.54, 1.807) is 6.08 Å². The topological polar surface area (TPSA) is 61.8 Å². The molecule has 0 aliphatic carbocycles. The molecule has 4 rings (SSSR count). The van der Waals surface area contributed by atoms with Gasteiger partial charge < -0.3 is 5.32 Å². The molecule has 5 nitrogen and oxygen atoms in total. The van der Waals surface area contributed by atoms with Crippen LogP contribution in [-0.4, -0.2) is 22.7 Å². The lowest BCUT2D eigenvalue weighted by Crippen LogP contribution is -2.31. The van der Waals surface area contributed by atoms with Crippen LogP contribution in [0.15, 0.2) is 89.6 Å². The molecular weight excluding hydrogens is 461 g/mol. The van der Waals surface area contributed by atoms with E-state index < -0.39 is 5.82 Å². The summed E-state index contributed by atoms with van der Waals surface area (Å²) in [6.45, 7) is 2.16. The number of anilines is 2. The van der Waals surface area contributed by atoms with Gasteiger partial charge in [0, 0.05) is 5.69 Å². The average molecular weight is 488 g/mol. The quantitative estimate of drug-likeness (QED) is 0.380. The Morgan fingerprint density at radius 3 is 2.43 bits per heavy atom. The fraction of sp³-hybridized carbons (Fsp3) is 0.179. The van der Waals surface area contributed by atoms with E-state index in [4.69, 9.17) is 0 Å². The van der Waals surface area contributed by atoms with Gasteiger partial charge in [-0.2, -0.15) is 0 Å². The highest BCUT2D eigenvalue weighted by Crippen LogP contribution is 2.29. The van der Waals surface area contributed by atoms with Crippen LogP contribution in [0.1, 0.15) is 30.9 Å². The summed E-state index contributed by atoms with van der Waals surface area (Å²) >= 11 is 1.16. The molecule has 1 N–H and O–H groups in total. The number of amides is 2. The van der Waals surface area contributed by atoms with Crippen LogP contribution in [0.4, 0.5) is 15.8 Å². The highest BCUT2D eigenvalue weighted by Gasteiger charge is 2.32. The van der Waals surface area contributed by atoms with Gasteiger partial charge in [-0.1, -0.05) is 67.6 Å². The van der Waals surface area contributed by atoms with Gasteiger partial charge in [-0.3, -0.25) is 14.5 Å². The van der Waals surface area contributed by atoms with Gasteiger partial charge in [0.2, 0.25) is 5.91 Å². The van der Waals surface area contributed by atoms with Crippen molar-refractivity contribution in [3.8, 4) is 0 Å². The Labute approximate surface area is 208 Å². The number of nitrogens with one attached hydrogen (secondary N) is 1. The van der Waals surface area contributed by atoms with E-state index in [9.17, 15) is 14.0 Å². The summed E-state index contributed by atoms with van der Waals surface area (Å²) in [4.78, 5) is 31.7. The molecule has 0 radical (unpaired) electrons. The molecular formula is C28H26FN3O2S. The molecule has 1 aliphatic heterocycles. The first-order valence-corrected chi connectivity index (χ1v) is 12.5. The molecule has 0 atom stereocenters. The normalized spacial score (nSPS) is 14.3. The number of aryl methyl sites for hydroxylation is 1. The second-order valence-corrected chi connectivity index (χ2v) is 9.03. The maximum absolute atomic E-state index is 13.5. The van der Waals surface area contributed by atoms with E-state index in [2.05, 4.69) is 17.2 Å². The second kappa shape index (κ2) is 11.6. The lowest BCUT2D eigenvalue weighted by molar-refractivity contribution is -0.114. The molecule has 0 saturated carbocycles. The van der Waals surface area contributed by atoms with E-state index in [1.165, 1.54) is 34.7 Å². The van der Waals surface area contributed by atoms with Crippen LogP contribution in [0.2, 0.25) is 0 Å². The molecule has 0 spiro atoms. The summed E-state index contributed by atoms with van der Waals surface area (Å²) in [5.41, 5.74) is 3.55. The number of unbranched alkanes of at least 4 members (excludes halogenated alkanes) is 1. The fourth-order valence-electron chi connectivity index (χ4n) is 3.58. The van der Waals surface area contributed by atoms with Crippen LogP contribution >= 0.6 is 11.8 Å². The fourth-order valence-corrected chi connectivity index (χ4v) is 4.39. The van der Waals surface area contributed by atoms with Crippen molar-refractivity contribution in [3.05, 3.63) is 102 Å². The van der Waals surface area contributed by atoms with Crippen molar-refractivity contribution in [3.63, 3.8) is 0 Å². The summed E-state index contributed by atoms with van der Waals surface area (Å²) in [7, 11) is 0. The lowest BCUT2D eigenvalue weighted by atomic mass is 10.1. The largest absolute Gasteiger partial charge is 0.325 e. The predicted molar refractivity (Wildman–Crippen MR) is 142 cm³/mol. The van der Waals surface area contributed by atoms with Gasteiger partial charge in [-0.25, -0.2) is 9.38 Å². The first kappa shape index (κ1) is 24.4. The van der Waals surface area contributed by atoms with Crippen molar-refractivity contribution in [1.82, 2.24) is 0 Å². The Balaban J connectivity index is 1.48. The maximum Gasteiger partial charge on any atom is 0.283 e. The van der Waals surface area contributed by atoms with E-state index in [-0.39, 0.29) is 23.3 Å². The van der Waals surface area contributed by atoms with Gasteiger partial charge in [0.05, 0.1) is 11.4 Å². The monoisotopic (exact) mass is 487 g/mol. The first-order chi connectivity index (χ1) is 17.0. The van der Waals surface area contributed by atoms with Crippen LogP contribution in [0.3, 0.4) is 0 Å². The van der Waals surface area contributed by atoms with Crippen LogP contribution in [0.25, 0.3) is 6.08 Å². The number of benzene rings is 3. The van der Waals surface area contributed by atoms with Crippen molar-refractivity contribution in [1.29, 1.82) is 0 Å². The van der Waals surface area contributed by atoms with E-state index in [1.807, 2.05) is 54.6 Å². The molecule has 0 aromatic heterocycles. The van der Waals surface area contributed by atoms with Crippen molar-refractivity contribution in [2.24, 2.45) is 4.99 Å². The molecule has 1 heterocycles. The zero-order chi connectivity index (χ0) is 24.6. The first-order valence-electron chi connectivity index (χ1n) is 11.5. The van der Waals surface area contributed by atoms with E-state index in [0.717, 1.165) is 42.3 Å². The van der Waals surface area contributed by atoms with E-state index in [0.29, 0.717) is 10.9 Å². The third-order valence-corrected chi connectivity index (χ3v) is 6.35. The number of thioether (sulfide) groups is 1. The number of rotatable bonds is 8. The third kappa shape index (κ3) is 6.45. The number of amidine groups is 1. The summed E-state index contributed by atoms with van der Waals surface area (Å²) in [6, 6.07) is 22.9. The van der Waals surface area contributed by atoms with Gasteiger partial charge in [0.25, 0.3) is 5.91 Å². The number of aliphatic imine (C=N–C) groups is 1. The average Bonchev–Trinajstić information content (AvgIpc) is 3.18. The number of halogens is 1. The molecule has 3 aromatic carbocycles. The highest BCUT2D eigenvalue weighted by atomic mass is 32.2. The minimum absolute atomic E-state index is 0.0695. The second-order valence-electron chi connectivity index (χ2n) is 8.09. The Morgan fingerprint density at radius 2 is 1.74 bits per heavy atom. The summed E-state index contributed by atoms with van der Waals surface area (Å²) in [5.74, 6) is -0.858. The molecule has 0 bridgehead atoms. The Morgan fingerprint density at radius 1 is 1.03 bits per heavy atom. The van der Waals surface area contributed by atoms with E-state index >= 15 is 0 Å². The molecule has 1 aliphatic rings. The van der Waals surface area contributed by atoms with Gasteiger partial charge >= 0.3 is 0 Å². The van der Waals surface area contributed by atoms with Gasteiger partial charge in [0.1, 0.15) is 11.5 Å². The SMILES string of the molecule is CCCCc1ccc(NC(=O)CSC2=NC(=Cc3ccccc3)C(=O)N2c2ccc(F)cc2)cc1. The molecule has 178 valence electrons. The Bertz CT molecular complexity index is 1240. The highest BCUT2D eigenvalue weighted by molar-refractivity contribution is 8.14. The maximum atomic E-state index is 13.5. The molecule has 0 unspecified atom stereocenters. The van der Waals surface area contributed by atoms with Gasteiger partial charge in [-0.05, 0) is 66.4 Å². The van der Waals surface area contributed by atoms with Crippen LogP contribution in [0, 0.1) is 5.82 Å². The predicted octanol–water partition coefficient (Wildman–Crippen LogP) is 6.28. The Kier molecular flexibility index (Phi) is 8.11. The van der Waals surface area contributed by atoms with Crippen molar-refractivity contribution >= 4 is 46.2 Å². The molecule has 3 aromatic rings. The number of carbonyl (C=O) groups is 2. The number of hydrogen-bond donors (Lipinski definition) is 1. The molecule has 0 saturated heterocycles. The van der Waals surface area contributed by atoms with Crippen LogP contribution < -0.4 is 10.2 Å². The van der Waals surface area contributed by atoms with Crippen molar-refractivity contribution < 1.29 is 14.0 Å². The van der Waals surface area contributed by atoms with Crippen LogP contribution in [-0.2, 0) is 16.0 Å². The minimum atomic E-state index is -0.397.